The van der Waals surface area contributed by atoms with Crippen molar-refractivity contribution in [2.24, 2.45) is 5.73 Å². The van der Waals surface area contributed by atoms with Crippen LogP contribution in [0.5, 0.6) is 0 Å². The Balaban J connectivity index is 2.26. The first-order chi connectivity index (χ1) is 7.24. The van der Waals surface area contributed by atoms with Gasteiger partial charge in [-0.3, -0.25) is 0 Å². The topological polar surface area (TPSA) is 26.0 Å². The van der Waals surface area contributed by atoms with Crippen LogP contribution < -0.4 is 5.73 Å². The zero-order valence-electron chi connectivity index (χ0n) is 8.71. The molecule has 0 saturated carbocycles. The van der Waals surface area contributed by atoms with Gasteiger partial charge in [0.2, 0.25) is 0 Å². The van der Waals surface area contributed by atoms with Crippen molar-refractivity contribution in [1.82, 2.24) is 0 Å². The zero-order valence-corrected chi connectivity index (χ0v) is 9.52. The van der Waals surface area contributed by atoms with Gasteiger partial charge in [0.25, 0.3) is 0 Å². The number of nitrogens with two attached hydrogens (primary N) is 1. The second-order valence-electron chi connectivity index (χ2n) is 4.03. The number of thioether (sulfide) groups is 1. The minimum atomic E-state index is -1.13. The lowest BCUT2D eigenvalue weighted by Gasteiger charge is -2.29. The van der Waals surface area contributed by atoms with Crippen molar-refractivity contribution in [3.05, 3.63) is 35.4 Å². The average molecular weight is 225 g/mol. The van der Waals surface area contributed by atoms with Gasteiger partial charge >= 0.3 is 0 Å². The van der Waals surface area contributed by atoms with Gasteiger partial charge in [0.05, 0.1) is 0 Å². The normalized spacial score (nSPS) is 26.5. The van der Waals surface area contributed by atoms with Crippen molar-refractivity contribution in [2.45, 2.75) is 25.1 Å². The molecule has 2 N–H and O–H groups in total. The Morgan fingerprint density at radius 2 is 2.33 bits per heavy atom. The maximum atomic E-state index is 14.6. The van der Waals surface area contributed by atoms with Crippen molar-refractivity contribution in [2.75, 3.05) is 11.5 Å². The highest BCUT2D eigenvalue weighted by Crippen LogP contribution is 2.39. The predicted octanol–water partition coefficient (Wildman–Crippen LogP) is 2.84. The molecule has 1 saturated heterocycles. The second kappa shape index (κ2) is 4.54. The number of rotatable bonds is 2. The Labute approximate surface area is 94.2 Å². The van der Waals surface area contributed by atoms with Crippen molar-refractivity contribution < 1.29 is 4.39 Å². The molecule has 1 atom stereocenters. The second-order valence-corrected chi connectivity index (χ2v) is 5.13. The molecule has 0 bridgehead atoms. The lowest BCUT2D eigenvalue weighted by atomic mass is 9.91. The largest absolute Gasteiger partial charge is 0.326 e. The number of halogens is 1. The minimum absolute atomic E-state index is 0.483. The fraction of sp³-hybridized carbons (Fsp3) is 0.500. The van der Waals surface area contributed by atoms with E-state index >= 15 is 0 Å². The summed E-state index contributed by atoms with van der Waals surface area (Å²) in [5.74, 6) is 1.67. The molecular weight excluding hydrogens is 209 g/mol. The molecule has 0 radical (unpaired) electrons. The molecule has 1 heterocycles. The van der Waals surface area contributed by atoms with E-state index in [0.717, 1.165) is 23.3 Å². The summed E-state index contributed by atoms with van der Waals surface area (Å²) in [5.41, 5.74) is 6.25. The van der Waals surface area contributed by atoms with Crippen LogP contribution in [0.3, 0.4) is 0 Å². The Morgan fingerprint density at radius 3 is 3.00 bits per heavy atom. The van der Waals surface area contributed by atoms with Gasteiger partial charge in [0.15, 0.2) is 0 Å². The molecule has 0 amide bonds. The van der Waals surface area contributed by atoms with Crippen LogP contribution in [0.15, 0.2) is 24.3 Å². The van der Waals surface area contributed by atoms with Crippen LogP contribution in [0.4, 0.5) is 4.39 Å². The molecular formula is C12H16FNS. The van der Waals surface area contributed by atoms with Crippen LogP contribution in [0.2, 0.25) is 0 Å². The van der Waals surface area contributed by atoms with Gasteiger partial charge in [-0.2, -0.15) is 11.8 Å². The third-order valence-corrected chi connectivity index (χ3v) is 4.11. The highest BCUT2D eigenvalue weighted by atomic mass is 32.2. The molecule has 1 aliphatic heterocycles. The minimum Gasteiger partial charge on any atom is -0.326 e. The molecule has 82 valence electrons. The van der Waals surface area contributed by atoms with E-state index in [4.69, 9.17) is 5.73 Å². The van der Waals surface area contributed by atoms with Crippen molar-refractivity contribution in [3.8, 4) is 0 Å². The van der Waals surface area contributed by atoms with Crippen LogP contribution in [0.25, 0.3) is 0 Å². The number of hydrogen-bond donors (Lipinski definition) is 1. The van der Waals surface area contributed by atoms with Crippen molar-refractivity contribution in [1.29, 1.82) is 0 Å². The summed E-state index contributed by atoms with van der Waals surface area (Å²) in [6.07, 6.45) is 1.61. The lowest BCUT2D eigenvalue weighted by Crippen LogP contribution is -2.27. The van der Waals surface area contributed by atoms with Crippen LogP contribution >= 0.6 is 11.8 Å². The first-order valence-corrected chi connectivity index (χ1v) is 6.46. The van der Waals surface area contributed by atoms with E-state index in [1.165, 1.54) is 0 Å². The van der Waals surface area contributed by atoms with Crippen molar-refractivity contribution >= 4 is 11.8 Å². The SMILES string of the molecule is NCc1cccc(C2(F)CCCSC2)c1. The summed E-state index contributed by atoms with van der Waals surface area (Å²) in [6, 6.07) is 7.64. The smallest absolute Gasteiger partial charge is 0.145 e. The Hall–Kier alpha value is -0.540. The highest BCUT2D eigenvalue weighted by molar-refractivity contribution is 7.99. The molecule has 1 nitrogen and oxygen atoms in total. The number of alkyl halides is 1. The molecule has 1 aromatic rings. The van der Waals surface area contributed by atoms with Crippen LogP contribution in [0, 0.1) is 0 Å². The summed E-state index contributed by atoms with van der Waals surface area (Å²) in [6.45, 7) is 0.483. The van der Waals surface area contributed by atoms with Gasteiger partial charge < -0.3 is 5.73 Å². The van der Waals surface area contributed by atoms with Gasteiger partial charge in [0.1, 0.15) is 5.67 Å². The standard InChI is InChI=1S/C12H16FNS/c13-12(5-2-6-15-9-12)11-4-1-3-10(7-11)8-14/h1,3-4,7H,2,5-6,8-9,14H2. The Kier molecular flexibility index (Phi) is 3.32. The van der Waals surface area contributed by atoms with E-state index in [0.29, 0.717) is 18.7 Å². The van der Waals surface area contributed by atoms with E-state index in [-0.39, 0.29) is 0 Å². The van der Waals surface area contributed by atoms with Gasteiger partial charge in [0, 0.05) is 12.3 Å². The molecule has 0 aliphatic carbocycles. The van der Waals surface area contributed by atoms with E-state index in [9.17, 15) is 4.39 Å². The third-order valence-electron chi connectivity index (χ3n) is 2.87. The van der Waals surface area contributed by atoms with Gasteiger partial charge in [-0.25, -0.2) is 4.39 Å². The predicted molar refractivity (Wildman–Crippen MR) is 63.7 cm³/mol. The summed E-state index contributed by atoms with van der Waals surface area (Å²) < 4.78 is 14.6. The van der Waals surface area contributed by atoms with Crippen LogP contribution in [-0.2, 0) is 12.2 Å². The van der Waals surface area contributed by atoms with E-state index in [2.05, 4.69) is 0 Å². The molecule has 1 aliphatic rings. The molecule has 1 aromatic carbocycles. The summed E-state index contributed by atoms with van der Waals surface area (Å²) in [5, 5.41) is 0. The Bertz CT molecular complexity index is 334. The molecule has 0 aromatic heterocycles. The fourth-order valence-corrected chi connectivity index (χ4v) is 3.09. The first-order valence-electron chi connectivity index (χ1n) is 5.31. The maximum absolute atomic E-state index is 14.6. The number of benzene rings is 1. The lowest BCUT2D eigenvalue weighted by molar-refractivity contribution is 0.178. The molecule has 2 rings (SSSR count). The highest BCUT2D eigenvalue weighted by Gasteiger charge is 2.34. The van der Waals surface area contributed by atoms with Crippen molar-refractivity contribution in [3.63, 3.8) is 0 Å². The van der Waals surface area contributed by atoms with E-state index in [1.807, 2.05) is 24.3 Å². The summed E-state index contributed by atoms with van der Waals surface area (Å²) in [4.78, 5) is 0. The fourth-order valence-electron chi connectivity index (χ4n) is 1.97. The number of hydrogen-bond acceptors (Lipinski definition) is 2. The molecule has 1 fully saturated rings. The van der Waals surface area contributed by atoms with E-state index in [1.54, 1.807) is 11.8 Å². The monoisotopic (exact) mass is 225 g/mol. The maximum Gasteiger partial charge on any atom is 0.145 e. The van der Waals surface area contributed by atoms with Crippen LogP contribution in [-0.4, -0.2) is 11.5 Å². The molecule has 3 heteroatoms. The third kappa shape index (κ3) is 2.34. The molecule has 1 unspecified atom stereocenters. The zero-order chi connectivity index (χ0) is 10.7. The van der Waals surface area contributed by atoms with Gasteiger partial charge in [-0.15, -0.1) is 0 Å². The first kappa shape index (κ1) is 11.0. The van der Waals surface area contributed by atoms with E-state index < -0.39 is 5.67 Å². The summed E-state index contributed by atoms with van der Waals surface area (Å²) in [7, 11) is 0. The van der Waals surface area contributed by atoms with Gasteiger partial charge in [-0.1, -0.05) is 24.3 Å². The molecule has 0 spiro atoms. The molecule has 15 heavy (non-hydrogen) atoms. The summed E-state index contributed by atoms with van der Waals surface area (Å²) >= 11 is 1.70. The average Bonchev–Trinajstić information content (AvgIpc) is 2.30. The van der Waals surface area contributed by atoms with Crippen LogP contribution in [0.1, 0.15) is 24.0 Å². The van der Waals surface area contributed by atoms with Gasteiger partial charge in [-0.05, 0) is 29.7 Å². The Morgan fingerprint density at radius 1 is 1.47 bits per heavy atom. The quantitative estimate of drug-likeness (QED) is 0.837.